The zero-order valence-electron chi connectivity index (χ0n) is 13.6. The summed E-state index contributed by atoms with van der Waals surface area (Å²) in [5, 5.41) is 9.41. The van der Waals surface area contributed by atoms with Crippen molar-refractivity contribution in [3.05, 3.63) is 10.1 Å². The van der Waals surface area contributed by atoms with Gasteiger partial charge in [-0.15, -0.1) is 10.1 Å². The standard InChI is InChI=1S/C13H24N2O8/c1-4-11(23-15(18)19)7-5-6-8-20-13(17)22-10(3)21-12(16)9(2)14/h9-11H,4-8,14H2,1-3H3. The van der Waals surface area contributed by atoms with Crippen LogP contribution in [-0.2, 0) is 23.8 Å². The van der Waals surface area contributed by atoms with Crippen LogP contribution < -0.4 is 5.73 Å². The van der Waals surface area contributed by atoms with Crippen LogP contribution in [0.2, 0.25) is 0 Å². The van der Waals surface area contributed by atoms with Gasteiger partial charge in [-0.1, -0.05) is 6.92 Å². The number of hydrogen-bond donors (Lipinski definition) is 1. The molecule has 0 aliphatic carbocycles. The Kier molecular flexibility index (Phi) is 10.4. The number of nitrogens with two attached hydrogens (primary N) is 1. The van der Waals surface area contributed by atoms with Gasteiger partial charge in [0.25, 0.3) is 5.09 Å². The summed E-state index contributed by atoms with van der Waals surface area (Å²) in [6, 6.07) is -0.815. The first kappa shape index (κ1) is 20.9. The second-order valence-corrected chi connectivity index (χ2v) is 4.86. The fraction of sp³-hybridized carbons (Fsp3) is 0.846. The van der Waals surface area contributed by atoms with Gasteiger partial charge < -0.3 is 24.8 Å². The van der Waals surface area contributed by atoms with Crippen molar-refractivity contribution in [2.24, 2.45) is 5.73 Å². The molecular weight excluding hydrogens is 312 g/mol. The van der Waals surface area contributed by atoms with E-state index in [0.29, 0.717) is 25.7 Å². The lowest BCUT2D eigenvalue weighted by atomic mass is 10.1. The molecule has 2 N–H and O–H groups in total. The smallest absolute Gasteiger partial charge is 0.434 e. The third-order valence-electron chi connectivity index (χ3n) is 2.75. The maximum absolute atomic E-state index is 11.3. The maximum Gasteiger partial charge on any atom is 0.511 e. The Morgan fingerprint density at radius 2 is 1.87 bits per heavy atom. The summed E-state index contributed by atoms with van der Waals surface area (Å²) in [6.45, 7) is 4.68. The molecule has 0 heterocycles. The van der Waals surface area contributed by atoms with Crippen LogP contribution in [0.5, 0.6) is 0 Å². The molecule has 0 bridgehead atoms. The number of carbonyl (C=O) groups excluding carboxylic acids is 2. The average molecular weight is 336 g/mol. The summed E-state index contributed by atoms with van der Waals surface area (Å²) in [5.74, 6) is -0.693. The Hall–Kier alpha value is -2.10. The first-order chi connectivity index (χ1) is 10.8. The molecule has 10 nitrogen and oxygen atoms in total. The molecule has 10 heteroatoms. The van der Waals surface area contributed by atoms with Gasteiger partial charge in [0.1, 0.15) is 12.1 Å². The van der Waals surface area contributed by atoms with Crippen molar-refractivity contribution in [2.45, 2.75) is 64.9 Å². The maximum atomic E-state index is 11.3. The van der Waals surface area contributed by atoms with Crippen LogP contribution in [-0.4, -0.2) is 42.3 Å². The minimum absolute atomic E-state index is 0.0850. The topological polar surface area (TPSA) is 140 Å². The molecule has 0 aliphatic heterocycles. The number of hydrogen-bond acceptors (Lipinski definition) is 9. The highest BCUT2D eigenvalue weighted by atomic mass is 17.0. The predicted molar refractivity (Wildman–Crippen MR) is 77.6 cm³/mol. The molecule has 0 saturated heterocycles. The normalized spacial score (nSPS) is 14.3. The molecule has 0 fully saturated rings. The molecule has 0 aromatic carbocycles. The summed E-state index contributed by atoms with van der Waals surface area (Å²) in [5.41, 5.74) is 5.30. The average Bonchev–Trinajstić information content (AvgIpc) is 2.44. The lowest BCUT2D eigenvalue weighted by Crippen LogP contribution is -2.33. The van der Waals surface area contributed by atoms with Gasteiger partial charge >= 0.3 is 12.1 Å². The molecule has 23 heavy (non-hydrogen) atoms. The van der Waals surface area contributed by atoms with Gasteiger partial charge in [0.2, 0.25) is 6.29 Å². The third kappa shape index (κ3) is 11.2. The fourth-order valence-corrected chi connectivity index (χ4v) is 1.55. The number of unbranched alkanes of at least 4 members (excludes halogenated alkanes) is 1. The third-order valence-corrected chi connectivity index (χ3v) is 2.75. The molecular formula is C13H24N2O8. The summed E-state index contributed by atoms with van der Waals surface area (Å²) in [6.07, 6.45) is -0.433. The number of nitrogens with zero attached hydrogens (tertiary/aromatic N) is 1. The van der Waals surface area contributed by atoms with E-state index < -0.39 is 35.6 Å². The van der Waals surface area contributed by atoms with Gasteiger partial charge in [-0.05, 0) is 32.6 Å². The minimum Gasteiger partial charge on any atom is -0.434 e. The van der Waals surface area contributed by atoms with Crippen LogP contribution in [0.4, 0.5) is 4.79 Å². The van der Waals surface area contributed by atoms with Crippen molar-refractivity contribution in [3.63, 3.8) is 0 Å². The van der Waals surface area contributed by atoms with E-state index in [0.717, 1.165) is 0 Å². The predicted octanol–water partition coefficient (Wildman–Crippen LogP) is 1.53. The number of ether oxygens (including phenoxy) is 3. The molecule has 0 aliphatic rings. The van der Waals surface area contributed by atoms with Crippen molar-refractivity contribution in [3.8, 4) is 0 Å². The zero-order valence-corrected chi connectivity index (χ0v) is 13.6. The molecule has 3 atom stereocenters. The van der Waals surface area contributed by atoms with Gasteiger partial charge in [-0.2, -0.15) is 0 Å². The molecule has 0 saturated carbocycles. The lowest BCUT2D eigenvalue weighted by molar-refractivity contribution is -0.768. The number of carbonyl (C=O) groups is 2. The Labute approximate surface area is 134 Å². The molecule has 3 unspecified atom stereocenters. The van der Waals surface area contributed by atoms with E-state index in [2.05, 4.69) is 4.84 Å². The highest BCUT2D eigenvalue weighted by molar-refractivity contribution is 5.75. The molecule has 0 aromatic heterocycles. The van der Waals surface area contributed by atoms with Crippen LogP contribution in [0.1, 0.15) is 46.5 Å². The second-order valence-electron chi connectivity index (χ2n) is 4.86. The Morgan fingerprint density at radius 1 is 1.22 bits per heavy atom. The molecule has 0 radical (unpaired) electrons. The van der Waals surface area contributed by atoms with Crippen LogP contribution in [0.3, 0.4) is 0 Å². The molecule has 0 amide bonds. The number of rotatable bonds is 11. The van der Waals surface area contributed by atoms with Crippen molar-refractivity contribution in [1.82, 2.24) is 0 Å². The van der Waals surface area contributed by atoms with E-state index in [1.807, 2.05) is 0 Å². The zero-order chi connectivity index (χ0) is 17.8. The monoisotopic (exact) mass is 336 g/mol. The van der Waals surface area contributed by atoms with Crippen molar-refractivity contribution in [2.75, 3.05) is 6.61 Å². The highest BCUT2D eigenvalue weighted by Gasteiger charge is 2.17. The minimum atomic E-state index is -1.10. The van der Waals surface area contributed by atoms with Gasteiger partial charge in [0, 0.05) is 6.92 Å². The van der Waals surface area contributed by atoms with Crippen molar-refractivity contribution in [1.29, 1.82) is 0 Å². The lowest BCUT2D eigenvalue weighted by Gasteiger charge is -2.15. The van der Waals surface area contributed by atoms with Crippen LogP contribution in [0.15, 0.2) is 0 Å². The van der Waals surface area contributed by atoms with E-state index >= 15 is 0 Å². The van der Waals surface area contributed by atoms with Gasteiger partial charge in [-0.3, -0.25) is 4.79 Å². The largest absolute Gasteiger partial charge is 0.511 e. The summed E-state index contributed by atoms with van der Waals surface area (Å²) >= 11 is 0. The molecule has 0 aromatic rings. The molecule has 0 rings (SSSR count). The Bertz CT molecular complexity index is 388. The van der Waals surface area contributed by atoms with Crippen LogP contribution >= 0.6 is 0 Å². The van der Waals surface area contributed by atoms with Gasteiger partial charge in [0.15, 0.2) is 0 Å². The SMILES string of the molecule is CCC(CCCCOC(=O)OC(C)OC(=O)C(C)N)O[N+](=O)[O-]. The van der Waals surface area contributed by atoms with E-state index in [1.54, 1.807) is 6.92 Å². The number of esters is 1. The Morgan fingerprint density at radius 3 is 2.39 bits per heavy atom. The molecule has 134 valence electrons. The van der Waals surface area contributed by atoms with Crippen LogP contribution in [0, 0.1) is 10.1 Å². The van der Waals surface area contributed by atoms with Crippen molar-refractivity contribution >= 4 is 12.1 Å². The summed E-state index contributed by atoms with van der Waals surface area (Å²) < 4.78 is 14.2. The summed E-state index contributed by atoms with van der Waals surface area (Å²) in [4.78, 5) is 37.2. The van der Waals surface area contributed by atoms with E-state index in [9.17, 15) is 19.7 Å². The van der Waals surface area contributed by atoms with Crippen molar-refractivity contribution < 1.29 is 33.7 Å². The van der Waals surface area contributed by atoms with Gasteiger partial charge in [-0.25, -0.2) is 4.79 Å². The Balaban J connectivity index is 3.78. The van der Waals surface area contributed by atoms with E-state index in [1.165, 1.54) is 13.8 Å². The molecule has 0 spiro atoms. The second kappa shape index (κ2) is 11.5. The van der Waals surface area contributed by atoms with Gasteiger partial charge in [0.05, 0.1) is 6.61 Å². The first-order valence-electron chi connectivity index (χ1n) is 7.36. The van der Waals surface area contributed by atoms with E-state index in [4.69, 9.17) is 19.9 Å². The van der Waals surface area contributed by atoms with E-state index in [-0.39, 0.29) is 6.61 Å². The van der Waals surface area contributed by atoms with Crippen LogP contribution in [0.25, 0.3) is 0 Å². The highest BCUT2D eigenvalue weighted by Crippen LogP contribution is 2.09. The fourth-order valence-electron chi connectivity index (χ4n) is 1.55. The summed E-state index contributed by atoms with van der Waals surface area (Å²) in [7, 11) is 0. The quantitative estimate of drug-likeness (QED) is 0.195. The first-order valence-corrected chi connectivity index (χ1v) is 7.36.